The number of fused-ring (bicyclic) bond motifs is 1. The van der Waals surface area contributed by atoms with Crippen LogP contribution in [-0.4, -0.2) is 4.57 Å². The Morgan fingerprint density at radius 2 is 1.55 bits per heavy atom. The van der Waals surface area contributed by atoms with Gasteiger partial charge in [-0.1, -0.05) is 97.6 Å². The molecule has 0 bridgehead atoms. The van der Waals surface area contributed by atoms with E-state index in [-0.39, 0.29) is 0 Å². The van der Waals surface area contributed by atoms with E-state index >= 15 is 0 Å². The zero-order valence-corrected chi connectivity index (χ0v) is 20.1. The van der Waals surface area contributed by atoms with E-state index in [0.717, 1.165) is 43.5 Å². The van der Waals surface area contributed by atoms with Crippen LogP contribution in [0.2, 0.25) is 5.02 Å². The lowest BCUT2D eigenvalue weighted by Gasteiger charge is -2.16. The molecule has 31 heavy (non-hydrogen) atoms. The Hall–Kier alpha value is -2.81. The number of halogens is 2. The van der Waals surface area contributed by atoms with Gasteiger partial charge < -0.3 is 4.57 Å². The van der Waals surface area contributed by atoms with Crippen LogP contribution >= 0.6 is 27.5 Å². The third-order valence-electron chi connectivity index (χ3n) is 4.90. The summed E-state index contributed by atoms with van der Waals surface area (Å²) in [5.74, 6) is 0. The predicted octanol–water partition coefficient (Wildman–Crippen LogP) is 9.34. The molecule has 3 heteroatoms. The molecule has 0 N–H and O–H groups in total. The topological polar surface area (TPSA) is 4.93 Å². The van der Waals surface area contributed by atoms with Gasteiger partial charge in [0, 0.05) is 15.4 Å². The highest BCUT2D eigenvalue weighted by atomic mass is 79.9. The number of rotatable bonds is 7. The third kappa shape index (κ3) is 4.46. The van der Waals surface area contributed by atoms with Crippen molar-refractivity contribution in [3.8, 4) is 5.69 Å². The van der Waals surface area contributed by atoms with Gasteiger partial charge in [-0.2, -0.15) is 0 Å². The molecular formula is C28H25BrClN. The average Bonchev–Trinajstić information content (AvgIpc) is 3.10. The molecule has 0 atom stereocenters. The van der Waals surface area contributed by atoms with Gasteiger partial charge in [-0.25, -0.2) is 0 Å². The van der Waals surface area contributed by atoms with Crippen LogP contribution in [0.25, 0.3) is 27.7 Å². The number of nitrogens with zero attached hydrogens (tertiary/aromatic N) is 1. The van der Waals surface area contributed by atoms with Gasteiger partial charge in [-0.3, -0.25) is 0 Å². The molecule has 1 aromatic heterocycles. The number of para-hydroxylation sites is 1. The minimum absolute atomic E-state index is 0.662. The number of benzene rings is 2. The summed E-state index contributed by atoms with van der Waals surface area (Å²) in [5.41, 5.74) is 6.27. The van der Waals surface area contributed by atoms with Gasteiger partial charge in [0.15, 0.2) is 0 Å². The first-order chi connectivity index (χ1) is 15.1. The van der Waals surface area contributed by atoms with Crippen LogP contribution in [0.15, 0.2) is 109 Å². The highest BCUT2D eigenvalue weighted by Crippen LogP contribution is 2.41. The second-order valence-electron chi connectivity index (χ2n) is 6.86. The van der Waals surface area contributed by atoms with E-state index in [0.29, 0.717) is 5.02 Å². The van der Waals surface area contributed by atoms with Crippen molar-refractivity contribution in [1.29, 1.82) is 0 Å². The van der Waals surface area contributed by atoms with Crippen molar-refractivity contribution in [3.63, 3.8) is 0 Å². The molecule has 3 aromatic rings. The Balaban J connectivity index is 2.63. The molecule has 156 valence electrons. The Bertz CT molecular complexity index is 1250. The van der Waals surface area contributed by atoms with Gasteiger partial charge >= 0.3 is 0 Å². The van der Waals surface area contributed by atoms with E-state index in [9.17, 15) is 0 Å². The zero-order chi connectivity index (χ0) is 22.4. The maximum Gasteiger partial charge on any atom is 0.0788 e. The molecule has 0 fully saturated rings. The Labute approximate surface area is 198 Å². The largest absolute Gasteiger partial charge is 0.307 e. The van der Waals surface area contributed by atoms with Gasteiger partial charge in [0.2, 0.25) is 0 Å². The monoisotopic (exact) mass is 489 g/mol. The molecule has 0 saturated heterocycles. The van der Waals surface area contributed by atoms with Gasteiger partial charge in [0.1, 0.15) is 0 Å². The van der Waals surface area contributed by atoms with Crippen LogP contribution in [0.3, 0.4) is 0 Å². The summed E-state index contributed by atoms with van der Waals surface area (Å²) in [6, 6.07) is 14.4. The van der Waals surface area contributed by atoms with Crippen LogP contribution in [0.5, 0.6) is 0 Å². The number of hydrogen-bond donors (Lipinski definition) is 0. The van der Waals surface area contributed by atoms with Crippen molar-refractivity contribution in [1.82, 2.24) is 4.57 Å². The number of hydrogen-bond acceptors (Lipinski definition) is 0. The van der Waals surface area contributed by atoms with Crippen molar-refractivity contribution >= 4 is 49.6 Å². The molecule has 0 saturated carbocycles. The summed E-state index contributed by atoms with van der Waals surface area (Å²) in [6.07, 6.45) is 16.0. The second kappa shape index (κ2) is 10.5. The molecule has 3 rings (SSSR count). The summed E-state index contributed by atoms with van der Waals surface area (Å²) >= 11 is 10.4. The Morgan fingerprint density at radius 3 is 2.23 bits per heavy atom. The smallest absolute Gasteiger partial charge is 0.0788 e. The molecule has 0 aliphatic carbocycles. The summed E-state index contributed by atoms with van der Waals surface area (Å²) in [4.78, 5) is 0. The van der Waals surface area contributed by atoms with Crippen LogP contribution in [0, 0.1) is 0 Å². The number of aromatic nitrogens is 1. The molecule has 0 aliphatic heterocycles. The Kier molecular flexibility index (Phi) is 7.73. The molecule has 0 aliphatic rings. The molecule has 0 unspecified atom stereocenters. The van der Waals surface area contributed by atoms with E-state index in [1.54, 1.807) is 0 Å². The normalized spacial score (nSPS) is 12.9. The first kappa shape index (κ1) is 22.9. The van der Waals surface area contributed by atoms with E-state index in [4.69, 9.17) is 11.6 Å². The summed E-state index contributed by atoms with van der Waals surface area (Å²) in [7, 11) is 0. The van der Waals surface area contributed by atoms with E-state index in [1.807, 2.05) is 68.5 Å². The van der Waals surface area contributed by atoms with Crippen LogP contribution < -0.4 is 0 Å². The molecule has 0 radical (unpaired) electrons. The molecule has 1 heterocycles. The lowest BCUT2D eigenvalue weighted by Crippen LogP contribution is -2.02. The maximum absolute atomic E-state index is 6.80. The van der Waals surface area contributed by atoms with Gasteiger partial charge in [0.25, 0.3) is 0 Å². The van der Waals surface area contributed by atoms with Crippen molar-refractivity contribution in [2.75, 3.05) is 0 Å². The minimum Gasteiger partial charge on any atom is -0.307 e. The maximum atomic E-state index is 6.80. The van der Waals surface area contributed by atoms with E-state index in [2.05, 4.69) is 70.1 Å². The minimum atomic E-state index is 0.662. The molecule has 1 nitrogen and oxygen atoms in total. The third-order valence-corrected chi connectivity index (χ3v) is 6.18. The van der Waals surface area contributed by atoms with Crippen LogP contribution in [0.4, 0.5) is 0 Å². The SMILES string of the molecule is C=C/C=C(\C=C/C)c1c(C(/C=C\C)=C/C=C)n(-c2cccc(Br)c2Cl)c2ccccc12. The summed E-state index contributed by atoms with van der Waals surface area (Å²) in [6.45, 7) is 11.9. The first-order valence-corrected chi connectivity index (χ1v) is 11.3. The van der Waals surface area contributed by atoms with Gasteiger partial charge in [-0.05, 0) is 59.1 Å². The summed E-state index contributed by atoms with van der Waals surface area (Å²) in [5, 5.41) is 1.80. The van der Waals surface area contributed by atoms with Crippen molar-refractivity contribution in [2.45, 2.75) is 13.8 Å². The van der Waals surface area contributed by atoms with Crippen molar-refractivity contribution < 1.29 is 0 Å². The first-order valence-electron chi connectivity index (χ1n) is 10.1. The number of allylic oxidation sites excluding steroid dienone is 10. The average molecular weight is 491 g/mol. The van der Waals surface area contributed by atoms with Crippen LogP contribution in [-0.2, 0) is 0 Å². The fourth-order valence-corrected chi connectivity index (χ4v) is 4.34. The van der Waals surface area contributed by atoms with E-state index < -0.39 is 0 Å². The van der Waals surface area contributed by atoms with Crippen LogP contribution in [0.1, 0.15) is 25.1 Å². The second-order valence-corrected chi connectivity index (χ2v) is 8.10. The lowest BCUT2D eigenvalue weighted by atomic mass is 9.96. The molecule has 0 amide bonds. The molecule has 0 spiro atoms. The van der Waals surface area contributed by atoms with Gasteiger partial charge in [-0.15, -0.1) is 0 Å². The fourth-order valence-electron chi connectivity index (χ4n) is 3.77. The van der Waals surface area contributed by atoms with Crippen molar-refractivity contribution in [3.05, 3.63) is 125 Å². The summed E-state index contributed by atoms with van der Waals surface area (Å²) < 4.78 is 3.08. The highest BCUT2D eigenvalue weighted by Gasteiger charge is 2.23. The van der Waals surface area contributed by atoms with E-state index in [1.165, 1.54) is 0 Å². The fraction of sp³-hybridized carbons (Fsp3) is 0.0714. The van der Waals surface area contributed by atoms with Gasteiger partial charge in [0.05, 0.1) is 21.9 Å². The lowest BCUT2D eigenvalue weighted by molar-refractivity contribution is 1.09. The van der Waals surface area contributed by atoms with Crippen molar-refractivity contribution in [2.24, 2.45) is 0 Å². The standard InChI is InChI=1S/C28H25BrClN/c1-5-12-20(13-6-2)26-22-16-9-10-18-24(22)31(25-19-11-17-23(29)27(25)30)28(26)21(14-7-3)15-8-4/h5-19H,1,3H2,2,4H3/b13-6-,15-8-,20-12+,21-14+. The quantitative estimate of drug-likeness (QED) is 0.291. The predicted molar refractivity (Wildman–Crippen MR) is 142 cm³/mol. The zero-order valence-electron chi connectivity index (χ0n) is 17.8. The molecular weight excluding hydrogens is 466 g/mol. The Morgan fingerprint density at radius 1 is 0.903 bits per heavy atom. The highest BCUT2D eigenvalue weighted by molar-refractivity contribution is 9.10. The molecule has 2 aromatic carbocycles.